The number of aromatic amines is 1. The zero-order valence-electron chi connectivity index (χ0n) is 24.6. The van der Waals surface area contributed by atoms with Crippen molar-refractivity contribution in [3.63, 3.8) is 0 Å². The molecule has 10 unspecified atom stereocenters. The highest BCUT2D eigenvalue weighted by Crippen LogP contribution is 2.54. The van der Waals surface area contributed by atoms with Gasteiger partial charge in [-0.2, -0.15) is 0 Å². The van der Waals surface area contributed by atoms with E-state index in [-0.39, 0.29) is 34.3 Å². The van der Waals surface area contributed by atoms with Crippen LogP contribution in [0.4, 0.5) is 17.3 Å². The van der Waals surface area contributed by atoms with Gasteiger partial charge in [-0.15, -0.1) is 0 Å². The summed E-state index contributed by atoms with van der Waals surface area (Å²) in [7, 11) is -10.3. The fourth-order valence-electron chi connectivity index (χ4n) is 5.47. The van der Waals surface area contributed by atoms with Gasteiger partial charge in [-0.25, -0.2) is 29.1 Å². The average Bonchev–Trinajstić information content (AvgIpc) is 3.62. The number of phosphoric acid groups is 2. The Morgan fingerprint density at radius 3 is 2.57 bits per heavy atom. The number of nitrogens with zero attached hydrogens (tertiary/aromatic N) is 6. The molecule has 0 amide bonds. The lowest BCUT2D eigenvalue weighted by Crippen LogP contribution is -2.51. The number of nitrogens with two attached hydrogens (primary N) is 2. The number of nitrogen functional groups attached to an aromatic ring is 2. The number of aliphatic hydroxyl groups is 2. The van der Waals surface area contributed by atoms with Gasteiger partial charge in [-0.3, -0.25) is 27.5 Å². The van der Waals surface area contributed by atoms with Crippen molar-refractivity contribution in [1.29, 1.82) is 0 Å². The van der Waals surface area contributed by atoms with Gasteiger partial charge >= 0.3 is 15.6 Å². The minimum Gasteiger partial charge on any atom is -0.391 e. The van der Waals surface area contributed by atoms with Gasteiger partial charge in [0.25, 0.3) is 5.56 Å². The Labute approximate surface area is 264 Å². The van der Waals surface area contributed by atoms with Gasteiger partial charge in [0.05, 0.1) is 19.5 Å². The first-order valence-electron chi connectivity index (χ1n) is 13.8. The van der Waals surface area contributed by atoms with Gasteiger partial charge in [0.2, 0.25) is 0 Å². The van der Waals surface area contributed by atoms with Gasteiger partial charge in [0.15, 0.2) is 29.7 Å². The lowest BCUT2D eigenvalue weighted by molar-refractivity contribution is -0.0801. The third-order valence-corrected chi connectivity index (χ3v) is 9.78. The van der Waals surface area contributed by atoms with Crippen LogP contribution in [0.25, 0.3) is 11.2 Å². The van der Waals surface area contributed by atoms with Crippen LogP contribution in [0.2, 0.25) is 0 Å². The number of anilines is 3. The summed E-state index contributed by atoms with van der Waals surface area (Å²) in [6.45, 7) is 4.57. The molecule has 0 spiro atoms. The minimum atomic E-state index is -5.18. The number of H-pyrrole nitrogens is 1. The number of phosphoric ester groups is 2. The summed E-state index contributed by atoms with van der Waals surface area (Å²) in [6.07, 6.45) is -7.72. The van der Waals surface area contributed by atoms with Crippen LogP contribution in [0.3, 0.4) is 0 Å². The predicted octanol–water partition coefficient (Wildman–Crippen LogP) is -1.22. The zero-order chi connectivity index (χ0) is 34.1. The number of aliphatic hydroxyl groups excluding tert-OH is 1. The van der Waals surface area contributed by atoms with E-state index >= 15 is 0 Å². The molecule has 24 heteroatoms. The Bertz CT molecular complexity index is 1860. The van der Waals surface area contributed by atoms with Crippen molar-refractivity contribution in [3.8, 4) is 0 Å². The largest absolute Gasteiger partial charge is 0.472 e. The predicted molar refractivity (Wildman–Crippen MR) is 157 cm³/mol. The number of aromatic nitrogens is 6. The molecule has 0 radical (unpaired) electrons. The minimum absolute atomic E-state index is 0.0312. The summed E-state index contributed by atoms with van der Waals surface area (Å²) in [6, 6.07) is 0. The Morgan fingerprint density at radius 1 is 1.15 bits per heavy atom. The van der Waals surface area contributed by atoms with Gasteiger partial charge < -0.3 is 50.8 Å². The first-order valence-corrected chi connectivity index (χ1v) is 16.7. The third-order valence-electron chi connectivity index (χ3n) is 7.82. The summed E-state index contributed by atoms with van der Waals surface area (Å²) in [5, 5.41) is 22.7. The number of rotatable bonds is 4. The molecule has 3 fully saturated rings. The average molecular weight is 703 g/mol. The molecule has 0 saturated carbocycles. The number of fused-ring (bicyclic) bond motifs is 4. The molecule has 10 atom stereocenters. The molecule has 6 heterocycles. The topological polar surface area (TPSA) is 315 Å². The van der Waals surface area contributed by atoms with E-state index in [9.17, 15) is 33.9 Å². The molecular formula is C23H31N9O13P2. The Balaban J connectivity index is 1.34. The number of nitrogens with one attached hydrogen (secondary N) is 1. The molecule has 3 aliphatic heterocycles. The van der Waals surface area contributed by atoms with Crippen LogP contribution < -0.4 is 21.9 Å². The molecule has 6 rings (SSSR count). The van der Waals surface area contributed by atoms with E-state index in [0.717, 1.165) is 24.4 Å². The summed E-state index contributed by atoms with van der Waals surface area (Å²) < 4.78 is 60.7. The molecule has 3 aromatic rings. The maximum atomic E-state index is 13.4. The van der Waals surface area contributed by atoms with Crippen LogP contribution in [-0.4, -0.2) is 105 Å². The van der Waals surface area contributed by atoms with Crippen molar-refractivity contribution < 1.29 is 56.7 Å². The number of imidazole rings is 1. The van der Waals surface area contributed by atoms with Gasteiger partial charge in [-0.05, 0) is 13.8 Å². The quantitative estimate of drug-likeness (QED) is 0.157. The molecule has 22 nitrogen and oxygen atoms in total. The fourth-order valence-corrected chi connectivity index (χ4v) is 7.43. The van der Waals surface area contributed by atoms with E-state index in [1.807, 2.05) is 0 Å². The highest BCUT2D eigenvalue weighted by molar-refractivity contribution is 7.47. The summed E-state index contributed by atoms with van der Waals surface area (Å²) >= 11 is 0. The van der Waals surface area contributed by atoms with Crippen molar-refractivity contribution in [2.75, 3.05) is 29.6 Å². The van der Waals surface area contributed by atoms with Gasteiger partial charge in [0.1, 0.15) is 59.5 Å². The molecule has 0 aliphatic carbocycles. The number of hydrogen-bond acceptors (Lipinski definition) is 18. The number of hydrogen-bond donors (Lipinski definition) is 7. The van der Waals surface area contributed by atoms with Crippen LogP contribution in [0, 0.1) is 6.92 Å². The van der Waals surface area contributed by atoms with Crippen LogP contribution in [0.15, 0.2) is 30.2 Å². The Kier molecular flexibility index (Phi) is 8.52. The van der Waals surface area contributed by atoms with Gasteiger partial charge in [0, 0.05) is 6.20 Å². The molecular weight excluding hydrogens is 672 g/mol. The SMILES string of the molecule is C=CN(c1nc(C)[nH]c(=O)c1N)C1OC2COP(=O)(O)OC3C(COP(=O)(O)OC1C2(C)O)OC(n1cnc2c(N)ncnc21)C3O. The van der Waals surface area contributed by atoms with Crippen molar-refractivity contribution in [2.45, 2.75) is 62.4 Å². The van der Waals surface area contributed by atoms with Crippen molar-refractivity contribution >= 4 is 44.1 Å². The zero-order valence-corrected chi connectivity index (χ0v) is 26.4. The number of ether oxygens (including phenoxy) is 2. The van der Waals surface area contributed by atoms with Crippen LogP contribution in [-0.2, 0) is 36.7 Å². The molecule has 0 aromatic carbocycles. The first kappa shape index (κ1) is 33.5. The first-order chi connectivity index (χ1) is 22.0. The molecule has 47 heavy (non-hydrogen) atoms. The second kappa shape index (κ2) is 11.9. The summed E-state index contributed by atoms with van der Waals surface area (Å²) in [5.74, 6) is -0.0377. The van der Waals surface area contributed by atoms with Crippen LogP contribution in [0.1, 0.15) is 19.0 Å². The van der Waals surface area contributed by atoms with E-state index in [1.54, 1.807) is 0 Å². The lowest BCUT2D eigenvalue weighted by atomic mass is 9.95. The van der Waals surface area contributed by atoms with Crippen molar-refractivity contribution in [1.82, 2.24) is 29.5 Å². The highest BCUT2D eigenvalue weighted by Gasteiger charge is 2.59. The molecule has 3 aromatic heterocycles. The normalized spacial score (nSPS) is 37.9. The number of aryl methyl sites for hydroxylation is 1. The van der Waals surface area contributed by atoms with Crippen LogP contribution in [0.5, 0.6) is 0 Å². The fraction of sp³-hybridized carbons (Fsp3) is 0.522. The van der Waals surface area contributed by atoms with Crippen molar-refractivity contribution in [3.05, 3.63) is 41.6 Å². The van der Waals surface area contributed by atoms with Crippen LogP contribution >= 0.6 is 15.6 Å². The maximum absolute atomic E-state index is 13.4. The third kappa shape index (κ3) is 6.07. The molecule has 3 saturated heterocycles. The van der Waals surface area contributed by atoms with E-state index in [2.05, 4.69) is 31.5 Å². The van der Waals surface area contributed by atoms with E-state index < -0.39 is 83.0 Å². The molecule has 256 valence electrons. The van der Waals surface area contributed by atoms with Gasteiger partial charge in [-0.1, -0.05) is 6.58 Å². The highest BCUT2D eigenvalue weighted by atomic mass is 31.2. The lowest BCUT2D eigenvalue weighted by Gasteiger charge is -2.34. The summed E-state index contributed by atoms with van der Waals surface area (Å²) in [4.78, 5) is 53.6. The Hall–Kier alpha value is -3.37. The Morgan fingerprint density at radius 2 is 1.85 bits per heavy atom. The molecule has 2 bridgehead atoms. The van der Waals surface area contributed by atoms with Crippen molar-refractivity contribution in [2.24, 2.45) is 0 Å². The molecule has 9 N–H and O–H groups in total. The standard InChI is InChI=1S/C23H31N9O13P2/c1-4-31(18-12(24)20(34)30-9(2)29-18)22-16-23(3,35)11(43-22)6-41-46(36,37)44-15-10(5-40-47(38,39)45-16)42-21(14(15)33)32-8-28-13-17(25)26-7-27-19(13)32/h4,7-8,10-11,14-16,21-22,33,35H,1,5-6,24H2,2-3H3,(H,36,37)(H,38,39)(H2,25,26,27)(H,29,30,34). The van der Waals surface area contributed by atoms with E-state index in [4.69, 9.17) is 39.0 Å². The monoisotopic (exact) mass is 703 g/mol. The molecule has 3 aliphatic rings. The second-order valence-corrected chi connectivity index (χ2v) is 13.8. The smallest absolute Gasteiger partial charge is 0.391 e. The maximum Gasteiger partial charge on any atom is 0.472 e. The second-order valence-electron chi connectivity index (χ2n) is 11.0. The van der Waals surface area contributed by atoms with E-state index in [0.29, 0.717) is 0 Å². The van der Waals surface area contributed by atoms with E-state index in [1.165, 1.54) is 17.8 Å². The summed E-state index contributed by atoms with van der Waals surface area (Å²) in [5.41, 5.74) is 8.76.